The van der Waals surface area contributed by atoms with Gasteiger partial charge >= 0.3 is 0 Å². The number of likely N-dealkylation sites (tertiary alicyclic amines) is 1. The van der Waals surface area contributed by atoms with E-state index >= 15 is 0 Å². The topological polar surface area (TPSA) is 77.5 Å². The average Bonchev–Trinajstić information content (AvgIpc) is 2.69. The van der Waals surface area contributed by atoms with Crippen LogP contribution in [0, 0.1) is 12.8 Å². The van der Waals surface area contributed by atoms with Crippen LogP contribution in [0.15, 0.2) is 36.5 Å². The van der Waals surface area contributed by atoms with Gasteiger partial charge in [0, 0.05) is 18.8 Å². The number of rotatable bonds is 6. The quantitative estimate of drug-likeness (QED) is 0.609. The Morgan fingerprint density at radius 1 is 1.24 bits per heavy atom. The second kappa shape index (κ2) is 10.5. The number of para-hydroxylation sites is 1. The third-order valence-electron chi connectivity index (χ3n) is 5.39. The van der Waals surface area contributed by atoms with Crippen molar-refractivity contribution >= 4 is 29.8 Å². The fraction of sp³-hybridized carbons (Fsp3) is 0.455. The monoisotopic (exact) mass is 418 g/mol. The number of phenolic OH excluding ortho intramolecular Hbond substituents is 1. The van der Waals surface area contributed by atoms with E-state index in [1.807, 2.05) is 13.0 Å². The first-order valence-corrected chi connectivity index (χ1v) is 9.98. The summed E-state index contributed by atoms with van der Waals surface area (Å²) in [6.07, 6.45) is 3.95. The molecule has 0 spiro atoms. The second-order valence-corrected chi connectivity index (χ2v) is 7.83. The maximum Gasteiger partial charge on any atom is 0.259 e. The molecule has 0 atom stereocenters. The third kappa shape index (κ3) is 6.08. The number of piperidine rings is 1. The molecule has 0 bridgehead atoms. The minimum atomic E-state index is -0.288. The van der Waals surface area contributed by atoms with E-state index in [4.69, 9.17) is 0 Å². The van der Waals surface area contributed by atoms with E-state index in [2.05, 4.69) is 34.4 Å². The molecule has 0 unspecified atom stereocenters. The first-order chi connectivity index (χ1) is 13.4. The maximum absolute atomic E-state index is 12.7. The highest BCUT2D eigenvalue weighted by atomic mass is 35.5. The number of anilines is 2. The lowest BCUT2D eigenvalue weighted by molar-refractivity contribution is 0.102. The van der Waals surface area contributed by atoms with Crippen LogP contribution in [0.3, 0.4) is 0 Å². The van der Waals surface area contributed by atoms with Gasteiger partial charge in [0.05, 0.1) is 11.3 Å². The molecule has 0 aliphatic carbocycles. The number of pyridine rings is 1. The molecule has 2 heterocycles. The smallest absolute Gasteiger partial charge is 0.259 e. The van der Waals surface area contributed by atoms with Crippen molar-refractivity contribution in [2.24, 2.45) is 5.92 Å². The maximum atomic E-state index is 12.7. The first-order valence-electron chi connectivity index (χ1n) is 9.98. The Kier molecular flexibility index (Phi) is 8.29. The van der Waals surface area contributed by atoms with Gasteiger partial charge in [0.1, 0.15) is 11.6 Å². The SMILES string of the molecule is Cc1ccc(NC(=O)c2cccc(O)c2NCC2CCN(C(C)C)CC2)nc1.Cl. The van der Waals surface area contributed by atoms with Gasteiger partial charge in [-0.25, -0.2) is 4.98 Å². The minimum Gasteiger partial charge on any atom is -0.506 e. The van der Waals surface area contributed by atoms with Crippen molar-refractivity contribution in [1.82, 2.24) is 9.88 Å². The Morgan fingerprint density at radius 3 is 2.59 bits per heavy atom. The van der Waals surface area contributed by atoms with Crippen molar-refractivity contribution in [3.63, 3.8) is 0 Å². The van der Waals surface area contributed by atoms with E-state index in [-0.39, 0.29) is 24.1 Å². The van der Waals surface area contributed by atoms with Gasteiger partial charge in [-0.2, -0.15) is 0 Å². The number of nitrogens with zero attached hydrogens (tertiary/aromatic N) is 2. The number of phenols is 1. The Labute approximate surface area is 179 Å². The molecule has 7 heteroatoms. The molecule has 0 saturated carbocycles. The molecule has 1 fully saturated rings. The van der Waals surface area contributed by atoms with Crippen LogP contribution in [-0.4, -0.2) is 46.6 Å². The van der Waals surface area contributed by atoms with E-state index in [1.165, 1.54) is 0 Å². The molecular formula is C22H31ClN4O2. The summed E-state index contributed by atoms with van der Waals surface area (Å²) in [4.78, 5) is 19.4. The highest BCUT2D eigenvalue weighted by molar-refractivity contribution is 6.08. The molecule has 6 nitrogen and oxygen atoms in total. The number of halogens is 1. The fourth-order valence-corrected chi connectivity index (χ4v) is 3.56. The highest BCUT2D eigenvalue weighted by Crippen LogP contribution is 2.29. The van der Waals surface area contributed by atoms with Crippen LogP contribution in [0.1, 0.15) is 42.6 Å². The van der Waals surface area contributed by atoms with Gasteiger partial charge in [0.2, 0.25) is 0 Å². The number of carbonyl (C=O) groups is 1. The number of benzene rings is 1. The van der Waals surface area contributed by atoms with Crippen LogP contribution >= 0.6 is 12.4 Å². The van der Waals surface area contributed by atoms with E-state index in [1.54, 1.807) is 30.5 Å². The Bertz CT molecular complexity index is 803. The number of hydrogen-bond acceptors (Lipinski definition) is 5. The molecule has 3 rings (SSSR count). The molecule has 1 amide bonds. The van der Waals surface area contributed by atoms with Gasteiger partial charge in [0.15, 0.2) is 0 Å². The molecule has 1 aromatic carbocycles. The molecular weight excluding hydrogens is 388 g/mol. The lowest BCUT2D eigenvalue weighted by Crippen LogP contribution is -2.39. The Hall–Kier alpha value is -2.31. The zero-order valence-corrected chi connectivity index (χ0v) is 18.1. The van der Waals surface area contributed by atoms with Crippen LogP contribution in [0.4, 0.5) is 11.5 Å². The summed E-state index contributed by atoms with van der Waals surface area (Å²) in [6, 6.07) is 9.24. The van der Waals surface area contributed by atoms with Gasteiger partial charge in [-0.3, -0.25) is 4.79 Å². The standard InChI is InChI=1S/C22H30N4O2.ClH/c1-15(2)26-11-9-17(10-12-26)14-24-21-18(5-4-6-19(21)27)22(28)25-20-8-7-16(3)13-23-20;/h4-8,13,15,17,24,27H,9-12,14H2,1-3H3,(H,23,25,28);1H. The number of nitrogens with one attached hydrogen (secondary N) is 2. The molecule has 1 saturated heterocycles. The van der Waals surface area contributed by atoms with Crippen LogP contribution < -0.4 is 10.6 Å². The van der Waals surface area contributed by atoms with Crippen molar-refractivity contribution in [2.45, 2.75) is 39.7 Å². The highest BCUT2D eigenvalue weighted by Gasteiger charge is 2.22. The minimum absolute atomic E-state index is 0. The molecule has 1 aliphatic heterocycles. The number of carbonyl (C=O) groups excluding carboxylic acids is 1. The molecule has 158 valence electrons. The van der Waals surface area contributed by atoms with Gasteiger partial charge in [-0.1, -0.05) is 12.1 Å². The number of aromatic hydroxyl groups is 1. The summed E-state index contributed by atoms with van der Waals surface area (Å²) in [6.45, 7) is 9.34. The second-order valence-electron chi connectivity index (χ2n) is 7.83. The lowest BCUT2D eigenvalue weighted by atomic mass is 9.95. The van der Waals surface area contributed by atoms with Crippen molar-refractivity contribution in [3.8, 4) is 5.75 Å². The predicted octanol–water partition coefficient (Wildman–Crippen LogP) is 4.30. The first kappa shape index (κ1) is 23.0. The van der Waals surface area contributed by atoms with Crippen molar-refractivity contribution in [1.29, 1.82) is 0 Å². The zero-order valence-electron chi connectivity index (χ0n) is 17.3. The van der Waals surface area contributed by atoms with Crippen LogP contribution in [0.2, 0.25) is 0 Å². The fourth-order valence-electron chi connectivity index (χ4n) is 3.56. The molecule has 1 aromatic heterocycles. The summed E-state index contributed by atoms with van der Waals surface area (Å²) in [7, 11) is 0. The summed E-state index contributed by atoms with van der Waals surface area (Å²) in [5.74, 6) is 0.823. The molecule has 3 N–H and O–H groups in total. The summed E-state index contributed by atoms with van der Waals surface area (Å²) in [5, 5.41) is 16.4. The molecule has 2 aromatic rings. The van der Waals surface area contributed by atoms with Crippen LogP contribution in [0.5, 0.6) is 5.75 Å². The van der Waals surface area contributed by atoms with E-state index in [0.29, 0.717) is 29.0 Å². The Morgan fingerprint density at radius 2 is 1.97 bits per heavy atom. The number of amides is 1. The number of aromatic nitrogens is 1. The van der Waals surface area contributed by atoms with Gasteiger partial charge < -0.3 is 20.6 Å². The lowest BCUT2D eigenvalue weighted by Gasteiger charge is -2.34. The van der Waals surface area contributed by atoms with Gasteiger partial charge in [-0.15, -0.1) is 12.4 Å². The molecule has 1 aliphatic rings. The summed E-state index contributed by atoms with van der Waals surface area (Å²) < 4.78 is 0. The predicted molar refractivity (Wildman–Crippen MR) is 120 cm³/mol. The van der Waals surface area contributed by atoms with Gasteiger partial charge in [0.25, 0.3) is 5.91 Å². The van der Waals surface area contributed by atoms with Crippen molar-refractivity contribution in [2.75, 3.05) is 30.3 Å². The summed E-state index contributed by atoms with van der Waals surface area (Å²) >= 11 is 0. The van der Waals surface area contributed by atoms with E-state index in [0.717, 1.165) is 38.0 Å². The van der Waals surface area contributed by atoms with Crippen LogP contribution in [-0.2, 0) is 0 Å². The average molecular weight is 419 g/mol. The summed E-state index contributed by atoms with van der Waals surface area (Å²) in [5.41, 5.74) is 1.93. The Balaban J connectivity index is 0.00000300. The van der Waals surface area contributed by atoms with Crippen molar-refractivity contribution < 1.29 is 9.90 Å². The van der Waals surface area contributed by atoms with Gasteiger partial charge in [-0.05, 0) is 76.4 Å². The number of aryl methyl sites for hydroxylation is 1. The van der Waals surface area contributed by atoms with Crippen LogP contribution in [0.25, 0.3) is 0 Å². The zero-order chi connectivity index (χ0) is 20.1. The number of hydrogen-bond donors (Lipinski definition) is 3. The van der Waals surface area contributed by atoms with Crippen molar-refractivity contribution in [3.05, 3.63) is 47.7 Å². The van der Waals surface area contributed by atoms with E-state index in [9.17, 15) is 9.90 Å². The largest absolute Gasteiger partial charge is 0.506 e. The molecule has 0 radical (unpaired) electrons. The normalized spacial score (nSPS) is 15.0. The van der Waals surface area contributed by atoms with E-state index < -0.39 is 0 Å². The third-order valence-corrected chi connectivity index (χ3v) is 5.39. The molecule has 29 heavy (non-hydrogen) atoms.